The lowest BCUT2D eigenvalue weighted by molar-refractivity contribution is 0.188. The normalized spacial score (nSPS) is 13.1. The van der Waals surface area contributed by atoms with E-state index in [4.69, 9.17) is 9.26 Å². The monoisotopic (exact) mass is 382 g/mol. The van der Waals surface area contributed by atoms with Gasteiger partial charge in [0, 0.05) is 31.3 Å². The molecule has 0 unspecified atom stereocenters. The molecule has 0 spiro atoms. The standard InChI is InChI=1S/C20H19FN4O3/c21-15-4-1-3-14(9-15)10-23-20(26)25-8-6-19-17(12-25)18(24-28-19)13-27-16-5-2-7-22-11-16/h1-5,7,9,11H,6,8,10,12-13H2,(H,23,26). The van der Waals surface area contributed by atoms with Gasteiger partial charge in [0.05, 0.1) is 12.7 Å². The molecule has 0 fully saturated rings. The lowest BCUT2D eigenvalue weighted by atomic mass is 10.1. The molecule has 8 heteroatoms. The van der Waals surface area contributed by atoms with E-state index in [0.29, 0.717) is 36.5 Å². The lowest BCUT2D eigenvalue weighted by Crippen LogP contribution is -2.42. The number of carbonyl (C=O) groups is 1. The third-order valence-corrected chi connectivity index (χ3v) is 4.54. The second-order valence-corrected chi connectivity index (χ2v) is 6.47. The van der Waals surface area contributed by atoms with Crippen molar-refractivity contribution < 1.29 is 18.4 Å². The number of benzene rings is 1. The third kappa shape index (κ3) is 4.11. The van der Waals surface area contributed by atoms with Crippen LogP contribution in [0.3, 0.4) is 0 Å². The van der Waals surface area contributed by atoms with Crippen LogP contribution in [0, 0.1) is 5.82 Å². The summed E-state index contributed by atoms with van der Waals surface area (Å²) in [7, 11) is 0. The van der Waals surface area contributed by atoms with Crippen LogP contribution >= 0.6 is 0 Å². The maximum atomic E-state index is 13.3. The number of hydrogen-bond donors (Lipinski definition) is 1. The number of rotatable bonds is 5. The molecule has 0 radical (unpaired) electrons. The van der Waals surface area contributed by atoms with Gasteiger partial charge in [-0.25, -0.2) is 9.18 Å². The molecule has 0 atom stereocenters. The summed E-state index contributed by atoms with van der Waals surface area (Å²) in [5.74, 6) is 1.09. The minimum absolute atomic E-state index is 0.213. The number of ether oxygens (including phenoxy) is 1. The summed E-state index contributed by atoms with van der Waals surface area (Å²) in [5, 5.41) is 6.92. The van der Waals surface area contributed by atoms with Gasteiger partial charge < -0.3 is 19.5 Å². The predicted molar refractivity (Wildman–Crippen MR) is 97.8 cm³/mol. The van der Waals surface area contributed by atoms with E-state index in [2.05, 4.69) is 15.5 Å². The van der Waals surface area contributed by atoms with E-state index < -0.39 is 0 Å². The van der Waals surface area contributed by atoms with Crippen LogP contribution in [0.4, 0.5) is 9.18 Å². The van der Waals surface area contributed by atoms with Crippen molar-refractivity contribution in [1.29, 1.82) is 0 Å². The van der Waals surface area contributed by atoms with Gasteiger partial charge in [0.25, 0.3) is 0 Å². The number of nitrogens with one attached hydrogen (secondary N) is 1. The van der Waals surface area contributed by atoms with E-state index in [1.807, 2.05) is 6.07 Å². The van der Waals surface area contributed by atoms with Crippen LogP contribution in [0.25, 0.3) is 0 Å². The van der Waals surface area contributed by atoms with Crippen LogP contribution in [-0.2, 0) is 26.1 Å². The second kappa shape index (κ2) is 8.08. The van der Waals surface area contributed by atoms with Gasteiger partial charge in [0.1, 0.15) is 29.6 Å². The molecular weight excluding hydrogens is 363 g/mol. The maximum Gasteiger partial charge on any atom is 0.317 e. The van der Waals surface area contributed by atoms with E-state index in [1.165, 1.54) is 12.1 Å². The van der Waals surface area contributed by atoms with E-state index in [9.17, 15) is 9.18 Å². The molecule has 1 aliphatic rings. The summed E-state index contributed by atoms with van der Waals surface area (Å²) in [6.45, 7) is 1.42. The smallest absolute Gasteiger partial charge is 0.317 e. The first kappa shape index (κ1) is 18.0. The molecule has 0 bridgehead atoms. The summed E-state index contributed by atoms with van der Waals surface area (Å²) in [6.07, 6.45) is 3.88. The highest BCUT2D eigenvalue weighted by Gasteiger charge is 2.27. The first-order valence-electron chi connectivity index (χ1n) is 8.95. The predicted octanol–water partition coefficient (Wildman–Crippen LogP) is 3.06. The molecule has 2 aromatic heterocycles. The van der Waals surface area contributed by atoms with Gasteiger partial charge in [0.2, 0.25) is 0 Å². The zero-order valence-electron chi connectivity index (χ0n) is 15.1. The van der Waals surface area contributed by atoms with E-state index in [-0.39, 0.29) is 25.0 Å². The molecule has 2 amide bonds. The fraction of sp³-hybridized carbons (Fsp3) is 0.250. The molecule has 0 saturated carbocycles. The summed E-state index contributed by atoms with van der Waals surface area (Å²) < 4.78 is 24.3. The van der Waals surface area contributed by atoms with Crippen molar-refractivity contribution in [3.63, 3.8) is 0 Å². The number of halogens is 1. The number of fused-ring (bicyclic) bond motifs is 1. The van der Waals surface area contributed by atoms with Crippen molar-refractivity contribution in [1.82, 2.24) is 20.4 Å². The summed E-state index contributed by atoms with van der Waals surface area (Å²) in [5.41, 5.74) is 2.25. The van der Waals surface area contributed by atoms with Crippen molar-refractivity contribution in [2.45, 2.75) is 26.1 Å². The van der Waals surface area contributed by atoms with Gasteiger partial charge in [-0.2, -0.15) is 0 Å². The Hall–Kier alpha value is -3.42. The Kier molecular flexibility index (Phi) is 5.18. The topological polar surface area (TPSA) is 80.5 Å². The molecule has 0 aliphatic carbocycles. The highest BCUT2D eigenvalue weighted by molar-refractivity contribution is 5.74. The zero-order chi connectivity index (χ0) is 19.3. The van der Waals surface area contributed by atoms with Crippen molar-refractivity contribution >= 4 is 6.03 Å². The van der Waals surface area contributed by atoms with Crippen molar-refractivity contribution in [2.24, 2.45) is 0 Å². The fourth-order valence-electron chi connectivity index (χ4n) is 3.07. The number of nitrogens with zero attached hydrogens (tertiary/aromatic N) is 3. The minimum Gasteiger partial charge on any atom is -0.486 e. The Bertz CT molecular complexity index is 961. The summed E-state index contributed by atoms with van der Waals surface area (Å²) >= 11 is 0. The summed E-state index contributed by atoms with van der Waals surface area (Å²) in [6, 6.07) is 9.56. The van der Waals surface area contributed by atoms with Gasteiger partial charge in [-0.15, -0.1) is 0 Å². The van der Waals surface area contributed by atoms with Crippen LogP contribution in [-0.4, -0.2) is 27.6 Å². The lowest BCUT2D eigenvalue weighted by Gasteiger charge is -2.26. The highest BCUT2D eigenvalue weighted by atomic mass is 19.1. The number of hydrogen-bond acceptors (Lipinski definition) is 5. The van der Waals surface area contributed by atoms with Crippen LogP contribution < -0.4 is 10.1 Å². The summed E-state index contributed by atoms with van der Waals surface area (Å²) in [4.78, 5) is 18.2. The Morgan fingerprint density at radius 1 is 1.32 bits per heavy atom. The van der Waals surface area contributed by atoms with Crippen molar-refractivity contribution in [3.05, 3.63) is 77.2 Å². The molecule has 144 valence electrons. The third-order valence-electron chi connectivity index (χ3n) is 4.54. The Labute approximate surface area is 161 Å². The fourth-order valence-corrected chi connectivity index (χ4v) is 3.07. The van der Waals surface area contributed by atoms with Gasteiger partial charge in [-0.3, -0.25) is 4.98 Å². The number of carbonyl (C=O) groups excluding carboxylic acids is 1. The molecule has 0 saturated heterocycles. The number of aromatic nitrogens is 2. The zero-order valence-corrected chi connectivity index (χ0v) is 15.1. The Morgan fingerprint density at radius 2 is 2.25 bits per heavy atom. The van der Waals surface area contributed by atoms with Crippen LogP contribution in [0.1, 0.15) is 22.6 Å². The molecule has 28 heavy (non-hydrogen) atoms. The number of amides is 2. The molecule has 7 nitrogen and oxygen atoms in total. The number of pyridine rings is 1. The molecule has 1 N–H and O–H groups in total. The van der Waals surface area contributed by atoms with Gasteiger partial charge in [-0.1, -0.05) is 17.3 Å². The second-order valence-electron chi connectivity index (χ2n) is 6.47. The largest absolute Gasteiger partial charge is 0.486 e. The first-order valence-corrected chi connectivity index (χ1v) is 8.95. The van der Waals surface area contributed by atoms with E-state index >= 15 is 0 Å². The molecule has 1 aliphatic heterocycles. The Balaban J connectivity index is 1.37. The average Bonchev–Trinajstić information content (AvgIpc) is 3.13. The number of urea groups is 1. The SMILES string of the molecule is O=C(NCc1cccc(F)c1)N1CCc2onc(COc3cccnc3)c2C1. The maximum absolute atomic E-state index is 13.3. The quantitative estimate of drug-likeness (QED) is 0.734. The molecule has 3 heterocycles. The average molecular weight is 382 g/mol. The van der Waals surface area contributed by atoms with Gasteiger partial charge >= 0.3 is 6.03 Å². The first-order chi connectivity index (χ1) is 13.7. The Morgan fingerprint density at radius 3 is 3.07 bits per heavy atom. The molecule has 3 aromatic rings. The van der Waals surface area contributed by atoms with Crippen molar-refractivity contribution in [2.75, 3.05) is 6.54 Å². The van der Waals surface area contributed by atoms with E-state index in [1.54, 1.807) is 35.5 Å². The molecule has 1 aromatic carbocycles. The van der Waals surface area contributed by atoms with Crippen LogP contribution in [0.5, 0.6) is 5.75 Å². The highest BCUT2D eigenvalue weighted by Crippen LogP contribution is 2.23. The molecular formula is C20H19FN4O3. The van der Waals surface area contributed by atoms with Crippen LogP contribution in [0.2, 0.25) is 0 Å². The minimum atomic E-state index is -0.322. The van der Waals surface area contributed by atoms with E-state index in [0.717, 1.165) is 11.3 Å². The van der Waals surface area contributed by atoms with Crippen molar-refractivity contribution in [3.8, 4) is 5.75 Å². The van der Waals surface area contributed by atoms with Gasteiger partial charge in [-0.05, 0) is 29.8 Å². The van der Waals surface area contributed by atoms with Gasteiger partial charge in [0.15, 0.2) is 0 Å². The molecule has 4 rings (SSSR count). The van der Waals surface area contributed by atoms with Crippen LogP contribution in [0.15, 0.2) is 53.3 Å².